The lowest BCUT2D eigenvalue weighted by atomic mass is 10.3. The van der Waals surface area contributed by atoms with Crippen molar-refractivity contribution in [3.63, 3.8) is 0 Å². The Labute approximate surface area is 191 Å². The number of rotatable bonds is 13. The van der Waals surface area contributed by atoms with Crippen molar-refractivity contribution in [2.24, 2.45) is 0 Å². The van der Waals surface area contributed by atoms with Crippen LogP contribution in [0.4, 0.5) is 0 Å². The molecule has 10 nitrogen and oxygen atoms in total. The van der Waals surface area contributed by atoms with Gasteiger partial charge in [-0.1, -0.05) is 13.2 Å². The summed E-state index contributed by atoms with van der Waals surface area (Å²) in [4.78, 5) is 32.7. The first-order chi connectivity index (χ1) is 13.0. The van der Waals surface area contributed by atoms with Crippen molar-refractivity contribution in [1.29, 1.82) is 0 Å². The van der Waals surface area contributed by atoms with E-state index in [9.17, 15) is 29.3 Å². The average Bonchev–Trinajstić information content (AvgIpc) is 2.54. The number of carbonyl (C=O) groups excluding carboxylic acids is 2. The molecule has 0 saturated heterocycles. The molecule has 0 heterocycles. The van der Waals surface area contributed by atoms with Crippen LogP contribution in [0.5, 0.6) is 0 Å². The fourth-order valence-corrected chi connectivity index (χ4v) is 3.91. The molecule has 3 unspecified atom stereocenters. The fourth-order valence-electron chi connectivity index (χ4n) is 1.94. The second kappa shape index (κ2) is 13.0. The molecule has 0 aromatic rings. The van der Waals surface area contributed by atoms with Gasteiger partial charge in [-0.15, -0.1) is 0 Å². The number of esters is 2. The van der Waals surface area contributed by atoms with Crippen LogP contribution in [0.3, 0.4) is 0 Å². The molecule has 0 aromatic carbocycles. The zero-order valence-corrected chi connectivity index (χ0v) is 20.0. The number of likely N-dealkylation sites (N-methyl/N-ethyl adjacent to an activating group) is 1. The maximum atomic E-state index is 12.3. The summed E-state index contributed by atoms with van der Waals surface area (Å²) in [5, 5.41) is 20.1. The van der Waals surface area contributed by atoms with Crippen LogP contribution in [-0.2, 0) is 28.2 Å². The first-order valence-corrected chi connectivity index (χ1v) is 10.8. The van der Waals surface area contributed by atoms with Gasteiger partial charge in [0, 0.05) is 11.1 Å². The van der Waals surface area contributed by atoms with Crippen LogP contribution in [0.1, 0.15) is 13.8 Å². The third-order valence-electron chi connectivity index (χ3n) is 3.47. The Morgan fingerprint density at radius 3 is 2.03 bits per heavy atom. The number of aliphatic hydroxyl groups is 2. The zero-order valence-electron chi connectivity index (χ0n) is 16.8. The number of alkyl halides is 2. The van der Waals surface area contributed by atoms with Gasteiger partial charge in [0.2, 0.25) is 0 Å². The van der Waals surface area contributed by atoms with Crippen molar-refractivity contribution in [2.45, 2.75) is 24.6 Å². The van der Waals surface area contributed by atoms with E-state index in [0.717, 1.165) is 0 Å². The highest BCUT2D eigenvalue weighted by atomic mass is 35.5. The maximum Gasteiger partial charge on any atom is 0.382 e. The van der Waals surface area contributed by atoms with E-state index in [1.54, 1.807) is 0 Å². The number of halogens is 3. The van der Waals surface area contributed by atoms with Crippen LogP contribution in [0.25, 0.3) is 0 Å². The molecule has 176 valence electrons. The van der Waals surface area contributed by atoms with Crippen molar-refractivity contribution in [2.75, 3.05) is 39.7 Å². The van der Waals surface area contributed by atoms with Crippen molar-refractivity contribution in [3.8, 4) is 0 Å². The molecule has 3 atom stereocenters. The quantitative estimate of drug-likeness (QED) is 0.0383. The molecule has 0 rings (SSSR count). The summed E-state index contributed by atoms with van der Waals surface area (Å²) in [7, 11) is -3.22. The van der Waals surface area contributed by atoms with E-state index in [4.69, 9.17) is 37.2 Å². The highest BCUT2D eigenvalue weighted by Crippen LogP contribution is 2.47. The monoisotopic (exact) mass is 513 g/mol. The minimum absolute atomic E-state index is 0. The Balaban J connectivity index is 0. The third-order valence-corrected chi connectivity index (χ3v) is 5.85. The molecule has 0 aromatic heterocycles. The molecular formula is C16H27Cl3NO9P. The first kappa shape index (κ1) is 31.5. The second-order valence-electron chi connectivity index (χ2n) is 6.65. The summed E-state index contributed by atoms with van der Waals surface area (Å²) in [6, 6.07) is 0. The Kier molecular flexibility index (Phi) is 13.7. The van der Waals surface area contributed by atoms with Crippen LogP contribution < -0.4 is 12.4 Å². The van der Waals surface area contributed by atoms with Crippen LogP contribution >= 0.6 is 30.8 Å². The summed E-state index contributed by atoms with van der Waals surface area (Å²) in [5.41, 5.74) is 0.262. The smallest absolute Gasteiger partial charge is 0.382 e. The van der Waals surface area contributed by atoms with Gasteiger partial charge in [-0.25, -0.2) is 9.59 Å². The SMILES string of the molecule is C=C(C)C(=O)OCCOP(=O)(O)C[N+](C)(CC(O)COC(=O)C(=C)C)C(O)(Cl)Cl.[Cl-]. The van der Waals surface area contributed by atoms with Gasteiger partial charge in [0.15, 0.2) is 6.29 Å². The van der Waals surface area contributed by atoms with E-state index < -0.39 is 60.8 Å². The van der Waals surface area contributed by atoms with Crippen LogP contribution in [0, 0.1) is 0 Å². The van der Waals surface area contributed by atoms with Gasteiger partial charge >= 0.3 is 24.2 Å². The number of quaternary nitrogens is 1. The summed E-state index contributed by atoms with van der Waals surface area (Å²) < 4.78 is 23.2. The molecule has 14 heteroatoms. The van der Waals surface area contributed by atoms with E-state index in [0.29, 0.717) is 0 Å². The van der Waals surface area contributed by atoms with Crippen molar-refractivity contribution < 1.29 is 60.1 Å². The van der Waals surface area contributed by atoms with E-state index in [1.165, 1.54) is 20.9 Å². The summed E-state index contributed by atoms with van der Waals surface area (Å²) in [6.45, 7) is 7.93. The molecule has 0 aliphatic heterocycles. The van der Waals surface area contributed by atoms with Gasteiger partial charge in [0.05, 0.1) is 13.7 Å². The highest BCUT2D eigenvalue weighted by Gasteiger charge is 2.50. The standard InChI is InChI=1S/C16H26Cl2NO9P.ClH/c1-11(2)14(21)26-6-7-28-29(24,25)10-19(5,16(17,18)23)8-13(20)9-27-15(22)12(3)4;/h13,20,23H,1,3,6-10H2,2,4-5H3;1H. The van der Waals surface area contributed by atoms with Gasteiger partial charge in [0.25, 0.3) is 0 Å². The molecule has 0 aliphatic carbocycles. The number of ether oxygens (including phenoxy) is 2. The van der Waals surface area contributed by atoms with Crippen LogP contribution in [0.15, 0.2) is 24.3 Å². The number of hydrogen-bond acceptors (Lipinski definition) is 8. The number of aliphatic hydroxyl groups excluding tert-OH is 1. The predicted molar refractivity (Wildman–Crippen MR) is 106 cm³/mol. The minimum Gasteiger partial charge on any atom is -1.00 e. The second-order valence-corrected chi connectivity index (χ2v) is 9.71. The molecular weight excluding hydrogens is 488 g/mol. The summed E-state index contributed by atoms with van der Waals surface area (Å²) in [5.74, 6) is -1.43. The number of nitrogens with zero attached hydrogens (tertiary/aromatic N) is 1. The lowest BCUT2D eigenvalue weighted by Crippen LogP contribution is -3.00. The lowest BCUT2D eigenvalue weighted by Gasteiger charge is -2.41. The predicted octanol–water partition coefficient (Wildman–Crippen LogP) is -1.72. The van der Waals surface area contributed by atoms with Crippen molar-refractivity contribution in [3.05, 3.63) is 24.3 Å². The zero-order chi connectivity index (χ0) is 23.0. The average molecular weight is 515 g/mol. The topological polar surface area (TPSA) is 140 Å². The van der Waals surface area contributed by atoms with Crippen LogP contribution in [0.2, 0.25) is 0 Å². The van der Waals surface area contributed by atoms with Crippen molar-refractivity contribution >= 4 is 42.7 Å². The van der Waals surface area contributed by atoms with Gasteiger partial charge < -0.3 is 41.5 Å². The number of carbonyl (C=O) groups is 2. The van der Waals surface area contributed by atoms with Gasteiger partial charge in [-0.05, 0) is 37.0 Å². The Hall–Kier alpha value is -0.680. The van der Waals surface area contributed by atoms with Crippen molar-refractivity contribution in [1.82, 2.24) is 0 Å². The van der Waals surface area contributed by atoms with E-state index >= 15 is 0 Å². The molecule has 30 heavy (non-hydrogen) atoms. The molecule has 0 radical (unpaired) electrons. The fraction of sp³-hybridized carbons (Fsp3) is 0.625. The van der Waals surface area contributed by atoms with Gasteiger partial charge in [0.1, 0.15) is 25.9 Å². The summed E-state index contributed by atoms with van der Waals surface area (Å²) in [6.07, 6.45) is -2.19. The lowest BCUT2D eigenvalue weighted by molar-refractivity contribution is -0.945. The van der Waals surface area contributed by atoms with Crippen LogP contribution in [-0.4, -0.2) is 82.0 Å². The van der Waals surface area contributed by atoms with E-state index in [1.807, 2.05) is 0 Å². The van der Waals surface area contributed by atoms with E-state index in [-0.39, 0.29) is 30.2 Å². The Morgan fingerprint density at radius 2 is 1.60 bits per heavy atom. The molecule has 3 N–H and O–H groups in total. The Morgan fingerprint density at radius 1 is 1.13 bits per heavy atom. The molecule has 0 spiro atoms. The highest BCUT2D eigenvalue weighted by molar-refractivity contribution is 7.52. The largest absolute Gasteiger partial charge is 1.00 e. The maximum absolute atomic E-state index is 12.3. The molecule has 0 fully saturated rings. The van der Waals surface area contributed by atoms with Gasteiger partial charge in [-0.2, -0.15) is 0 Å². The normalized spacial score (nSPS) is 16.3. The number of hydrogen-bond donors (Lipinski definition) is 3. The minimum atomic E-state index is -4.41. The molecule has 0 amide bonds. The van der Waals surface area contributed by atoms with E-state index in [2.05, 4.69) is 13.2 Å². The molecule has 0 bridgehead atoms. The summed E-state index contributed by atoms with van der Waals surface area (Å²) >= 11 is 11.5. The third kappa shape index (κ3) is 11.6. The molecule has 0 saturated carbocycles. The van der Waals surface area contributed by atoms with Gasteiger partial charge in [-0.3, -0.25) is 9.05 Å². The Bertz CT molecular complexity index is 683. The molecule has 0 aliphatic rings. The first-order valence-electron chi connectivity index (χ1n) is 8.25.